The van der Waals surface area contributed by atoms with Gasteiger partial charge in [0.2, 0.25) is 11.9 Å². The van der Waals surface area contributed by atoms with E-state index >= 15 is 0 Å². The average Bonchev–Trinajstić information content (AvgIpc) is 4.10. The highest BCUT2D eigenvalue weighted by Crippen LogP contribution is 2.50. The summed E-state index contributed by atoms with van der Waals surface area (Å²) in [7, 11) is 0. The first-order valence-electron chi connectivity index (χ1n) is 23.5. The van der Waals surface area contributed by atoms with Crippen LogP contribution in [0.1, 0.15) is 0 Å². The molecule has 0 spiro atoms. The molecule has 71 heavy (non-hydrogen) atoms. The Morgan fingerprint density at radius 3 is 1.86 bits per heavy atom. The molecule has 15 rings (SSSR count). The van der Waals surface area contributed by atoms with Crippen LogP contribution in [0.2, 0.25) is 0 Å². The quantitative estimate of drug-likeness (QED) is 0.163. The van der Waals surface area contributed by atoms with Crippen LogP contribution >= 0.6 is 0 Å². The third-order valence-corrected chi connectivity index (χ3v) is 13.6. The zero-order chi connectivity index (χ0) is 46.6. The molecule has 0 unspecified atom stereocenters. The zero-order valence-electron chi connectivity index (χ0n) is 37.7. The smallest absolute Gasteiger partial charge is 0.238 e. The molecule has 10 nitrogen and oxygen atoms in total. The highest BCUT2D eigenvalue weighted by molar-refractivity contribution is 6.26. The second-order valence-corrected chi connectivity index (χ2v) is 17.7. The van der Waals surface area contributed by atoms with E-state index in [0.717, 1.165) is 116 Å². The summed E-state index contributed by atoms with van der Waals surface area (Å²) in [6.07, 6.45) is 1.85. The van der Waals surface area contributed by atoms with Crippen molar-refractivity contribution in [1.82, 2.24) is 34.1 Å². The molecule has 10 heteroatoms. The fraction of sp³-hybridized carbons (Fsp3) is 0. The predicted molar refractivity (Wildman–Crippen MR) is 282 cm³/mol. The maximum atomic E-state index is 6.37. The van der Waals surface area contributed by atoms with Gasteiger partial charge in [-0.3, -0.25) is 9.13 Å². The van der Waals surface area contributed by atoms with Crippen LogP contribution in [0.3, 0.4) is 0 Å². The first-order chi connectivity index (χ1) is 35.2. The van der Waals surface area contributed by atoms with Crippen LogP contribution < -0.4 is 9.64 Å². The molecular weight excluding hydrogens is 877 g/mol. The third kappa shape index (κ3) is 6.04. The van der Waals surface area contributed by atoms with E-state index in [1.54, 1.807) is 0 Å². The van der Waals surface area contributed by atoms with E-state index in [-0.39, 0.29) is 0 Å². The van der Waals surface area contributed by atoms with Gasteiger partial charge in [0.25, 0.3) is 0 Å². The third-order valence-electron chi connectivity index (χ3n) is 13.6. The summed E-state index contributed by atoms with van der Waals surface area (Å²) >= 11 is 0. The lowest BCUT2D eigenvalue weighted by atomic mass is 10.1. The maximum absolute atomic E-state index is 6.37. The first-order valence-corrected chi connectivity index (χ1v) is 23.5. The van der Waals surface area contributed by atoms with Crippen LogP contribution in [-0.2, 0) is 0 Å². The van der Waals surface area contributed by atoms with Gasteiger partial charge >= 0.3 is 0 Å². The molecule has 1 aliphatic heterocycles. The summed E-state index contributed by atoms with van der Waals surface area (Å²) in [5.41, 5.74) is 11.9. The van der Waals surface area contributed by atoms with Crippen molar-refractivity contribution in [2.45, 2.75) is 0 Å². The number of rotatable bonds is 6. The average molecular weight is 913 g/mol. The van der Waals surface area contributed by atoms with Gasteiger partial charge in [-0.25, -0.2) is 15.0 Å². The van der Waals surface area contributed by atoms with Crippen molar-refractivity contribution < 1.29 is 9.15 Å². The van der Waals surface area contributed by atoms with Gasteiger partial charge < -0.3 is 14.1 Å². The number of aromatic nitrogens is 7. The van der Waals surface area contributed by atoms with Crippen LogP contribution in [0.5, 0.6) is 11.5 Å². The highest BCUT2D eigenvalue weighted by Gasteiger charge is 2.27. The summed E-state index contributed by atoms with van der Waals surface area (Å²) in [6, 6.07) is 72.4. The number of fused-ring (bicyclic) bond motifs is 12. The number of anilines is 3. The molecule has 9 aromatic carbocycles. The van der Waals surface area contributed by atoms with Crippen LogP contribution in [-0.4, -0.2) is 34.1 Å². The largest absolute Gasteiger partial charge is 0.456 e. The Labute approximate surface area is 405 Å². The van der Waals surface area contributed by atoms with Gasteiger partial charge in [0.05, 0.1) is 39.1 Å². The van der Waals surface area contributed by atoms with Crippen LogP contribution in [0.25, 0.3) is 111 Å². The summed E-state index contributed by atoms with van der Waals surface area (Å²) in [6.45, 7) is 0. The molecule has 0 amide bonds. The van der Waals surface area contributed by atoms with E-state index in [1.807, 2.05) is 103 Å². The Morgan fingerprint density at radius 1 is 0.380 bits per heavy atom. The molecule has 0 atom stereocenters. The zero-order valence-corrected chi connectivity index (χ0v) is 37.7. The van der Waals surface area contributed by atoms with Gasteiger partial charge in [0.1, 0.15) is 11.2 Å². The SMILES string of the molecule is c1ccc(-c2nc(-c3cccc(N4c5ccccc5Oc5ccccc54)c3)nc(-n3c4ccccc4c4c3ccc3c5ccccc5n(-c5nccc(-c6ccc7oc8ccccc8c7c6)n5)c34)n2)cc1. The van der Waals surface area contributed by atoms with E-state index in [1.165, 1.54) is 0 Å². The van der Waals surface area contributed by atoms with Crippen molar-refractivity contribution in [3.63, 3.8) is 0 Å². The second-order valence-electron chi connectivity index (χ2n) is 17.7. The predicted octanol–water partition coefficient (Wildman–Crippen LogP) is 15.3. The van der Waals surface area contributed by atoms with E-state index in [0.29, 0.717) is 23.5 Å². The maximum Gasteiger partial charge on any atom is 0.238 e. The lowest BCUT2D eigenvalue weighted by Gasteiger charge is -2.32. The Morgan fingerprint density at radius 2 is 1.04 bits per heavy atom. The number of nitrogens with zero attached hydrogens (tertiary/aromatic N) is 8. The summed E-state index contributed by atoms with van der Waals surface area (Å²) < 4.78 is 16.9. The molecule has 5 aromatic heterocycles. The lowest BCUT2D eigenvalue weighted by molar-refractivity contribution is 0.477. The fourth-order valence-corrected chi connectivity index (χ4v) is 10.5. The number of para-hydroxylation sites is 7. The van der Waals surface area contributed by atoms with Gasteiger partial charge in [-0.05, 0) is 84.9 Å². The molecule has 0 radical (unpaired) electrons. The molecule has 0 aliphatic carbocycles. The van der Waals surface area contributed by atoms with Crippen LogP contribution in [0.4, 0.5) is 17.1 Å². The Balaban J connectivity index is 0.945. The summed E-state index contributed by atoms with van der Waals surface area (Å²) in [4.78, 5) is 28.5. The molecule has 0 bridgehead atoms. The molecule has 0 N–H and O–H groups in total. The van der Waals surface area contributed by atoms with Gasteiger partial charge in [-0.1, -0.05) is 127 Å². The molecule has 1 aliphatic rings. The second kappa shape index (κ2) is 15.3. The minimum Gasteiger partial charge on any atom is -0.456 e. The van der Waals surface area contributed by atoms with Crippen molar-refractivity contribution in [2.24, 2.45) is 0 Å². The molecule has 6 heterocycles. The van der Waals surface area contributed by atoms with Crippen molar-refractivity contribution in [3.8, 4) is 57.4 Å². The first kappa shape index (κ1) is 39.1. The highest BCUT2D eigenvalue weighted by atomic mass is 16.5. The van der Waals surface area contributed by atoms with E-state index in [2.05, 4.69) is 129 Å². The number of ether oxygens (including phenoxy) is 1. The lowest BCUT2D eigenvalue weighted by Crippen LogP contribution is -2.15. The van der Waals surface area contributed by atoms with E-state index < -0.39 is 0 Å². The number of furan rings is 1. The minimum atomic E-state index is 0.495. The van der Waals surface area contributed by atoms with Crippen LogP contribution in [0, 0.1) is 0 Å². The number of benzene rings is 9. The Kier molecular flexibility index (Phi) is 8.42. The number of hydrogen-bond acceptors (Lipinski definition) is 8. The molecular formula is C61H36N8O2. The van der Waals surface area contributed by atoms with Crippen molar-refractivity contribution in [2.75, 3.05) is 4.90 Å². The van der Waals surface area contributed by atoms with Crippen molar-refractivity contribution >= 4 is 82.6 Å². The monoisotopic (exact) mass is 912 g/mol. The standard InChI is InChI=1S/C61H36N8O2/c1-2-15-37(16-3-1)58-64-59(39-17-14-18-40(35-39)67-49-24-9-12-27-54(49)71-55-28-13-10-25-50(55)67)66-61(65-58)68-48-23-8-5-21-44(48)56-51(68)31-30-43-41-19-4-7-22-47(41)69(57(43)56)60-62-34-33-46(63-60)38-29-32-53-45(36-38)42-20-6-11-26-52(42)70-53/h1-36H. The summed E-state index contributed by atoms with van der Waals surface area (Å²) in [5, 5.41) is 6.37. The topological polar surface area (TPSA) is 99.9 Å². The van der Waals surface area contributed by atoms with Crippen LogP contribution in [0.15, 0.2) is 223 Å². The normalized spacial score (nSPS) is 12.3. The Hall–Kier alpha value is -9.93. The fourth-order valence-electron chi connectivity index (χ4n) is 10.5. The van der Waals surface area contributed by atoms with Gasteiger partial charge in [0.15, 0.2) is 23.1 Å². The molecule has 0 fully saturated rings. The number of hydrogen-bond donors (Lipinski definition) is 0. The van der Waals surface area contributed by atoms with Gasteiger partial charge in [-0.2, -0.15) is 9.97 Å². The van der Waals surface area contributed by atoms with Gasteiger partial charge in [0, 0.05) is 60.9 Å². The molecule has 0 saturated heterocycles. The summed E-state index contributed by atoms with van der Waals surface area (Å²) in [5.74, 6) is 3.73. The van der Waals surface area contributed by atoms with E-state index in [4.69, 9.17) is 34.1 Å². The molecule has 332 valence electrons. The minimum absolute atomic E-state index is 0.495. The van der Waals surface area contributed by atoms with E-state index in [9.17, 15) is 0 Å². The van der Waals surface area contributed by atoms with Crippen molar-refractivity contribution in [1.29, 1.82) is 0 Å². The molecule has 0 saturated carbocycles. The van der Waals surface area contributed by atoms with Gasteiger partial charge in [-0.15, -0.1) is 0 Å². The molecule has 14 aromatic rings. The van der Waals surface area contributed by atoms with Crippen molar-refractivity contribution in [3.05, 3.63) is 219 Å². The Bertz CT molecular complexity index is 4430.